The highest BCUT2D eigenvalue weighted by molar-refractivity contribution is 6.34. The van der Waals surface area contributed by atoms with E-state index in [4.69, 9.17) is 17.3 Å². The summed E-state index contributed by atoms with van der Waals surface area (Å²) in [5.41, 5.74) is 5.79. The van der Waals surface area contributed by atoms with Gasteiger partial charge in [-0.1, -0.05) is 11.6 Å². The monoisotopic (exact) mass is 226 g/mol. The number of ketones is 1. The molecule has 1 aliphatic rings. The Balaban J connectivity index is 2.46. The van der Waals surface area contributed by atoms with Crippen LogP contribution in [0.25, 0.3) is 0 Å². The largest absolute Gasteiger partial charge is 0.382 e. The number of nitrogen functional groups attached to an aromatic ring is 1. The van der Waals surface area contributed by atoms with Crippen molar-refractivity contribution >= 4 is 34.8 Å². The molecule has 0 radical (unpaired) electrons. The smallest absolute Gasteiger partial charge is 0.235 e. The first-order chi connectivity index (χ1) is 7.09. The highest BCUT2D eigenvalue weighted by Gasteiger charge is 2.31. The summed E-state index contributed by atoms with van der Waals surface area (Å²) in [6.07, 6.45) is 1.08. The summed E-state index contributed by atoms with van der Waals surface area (Å²) in [7, 11) is 0. The van der Waals surface area contributed by atoms with Gasteiger partial charge in [0.1, 0.15) is 12.0 Å². The van der Waals surface area contributed by atoms with Crippen molar-refractivity contribution < 1.29 is 9.59 Å². The fourth-order valence-corrected chi connectivity index (χ4v) is 1.65. The fourth-order valence-electron chi connectivity index (χ4n) is 1.41. The minimum atomic E-state index is -0.330. The topological polar surface area (TPSA) is 89.2 Å². The number of carbonyl (C=O) groups excluding carboxylic acids is 2. The van der Waals surface area contributed by atoms with Crippen LogP contribution in [0.2, 0.25) is 5.15 Å². The maximum atomic E-state index is 11.4. The molecule has 1 aromatic heterocycles. The van der Waals surface area contributed by atoms with Crippen molar-refractivity contribution in [3.8, 4) is 0 Å². The van der Waals surface area contributed by atoms with Crippen LogP contribution in [0.1, 0.15) is 6.42 Å². The molecule has 0 saturated carbocycles. The lowest BCUT2D eigenvalue weighted by atomic mass is 10.3. The van der Waals surface area contributed by atoms with Gasteiger partial charge in [-0.2, -0.15) is 0 Å². The lowest BCUT2D eigenvalue weighted by Crippen LogP contribution is -2.26. The molecule has 6 nitrogen and oxygen atoms in total. The quantitative estimate of drug-likeness (QED) is 0.539. The maximum absolute atomic E-state index is 11.4. The molecule has 0 bridgehead atoms. The molecule has 0 spiro atoms. The van der Waals surface area contributed by atoms with E-state index in [1.165, 1.54) is 11.2 Å². The molecule has 1 amide bonds. The lowest BCUT2D eigenvalue weighted by Gasteiger charge is -2.16. The molecule has 1 aliphatic heterocycles. The van der Waals surface area contributed by atoms with Crippen LogP contribution < -0.4 is 10.6 Å². The Kier molecular flexibility index (Phi) is 2.28. The third-order valence-electron chi connectivity index (χ3n) is 2.06. The van der Waals surface area contributed by atoms with Gasteiger partial charge in [0.15, 0.2) is 16.8 Å². The molecule has 1 fully saturated rings. The van der Waals surface area contributed by atoms with Crippen LogP contribution in [-0.4, -0.2) is 28.2 Å². The Hall–Kier alpha value is -1.69. The summed E-state index contributed by atoms with van der Waals surface area (Å²) >= 11 is 5.79. The zero-order valence-electron chi connectivity index (χ0n) is 7.61. The van der Waals surface area contributed by atoms with E-state index in [2.05, 4.69) is 9.97 Å². The van der Waals surface area contributed by atoms with Gasteiger partial charge < -0.3 is 5.73 Å². The molecule has 7 heteroatoms. The highest BCUT2D eigenvalue weighted by Crippen LogP contribution is 2.30. The van der Waals surface area contributed by atoms with E-state index in [1.54, 1.807) is 0 Å². The van der Waals surface area contributed by atoms with Crippen molar-refractivity contribution in [3.63, 3.8) is 0 Å². The number of aromatic nitrogens is 2. The Labute approximate surface area is 90.1 Å². The zero-order valence-corrected chi connectivity index (χ0v) is 8.36. The molecule has 0 atom stereocenters. The van der Waals surface area contributed by atoms with Gasteiger partial charge in [0.2, 0.25) is 5.91 Å². The predicted molar refractivity (Wildman–Crippen MR) is 53.4 cm³/mol. The van der Waals surface area contributed by atoms with Crippen molar-refractivity contribution in [1.29, 1.82) is 0 Å². The first kappa shape index (κ1) is 9.85. The Bertz CT molecular complexity index is 428. The standard InChI is InChI=1S/C8H7ClN4O2/c9-7-6(8(10)12-3-11-7)13-2-4(14)1-5(13)15/h3H,1-2H2,(H2,10,11,12). The Morgan fingerprint density at radius 2 is 2.13 bits per heavy atom. The second kappa shape index (κ2) is 3.47. The van der Waals surface area contributed by atoms with E-state index in [1.807, 2.05) is 0 Å². The van der Waals surface area contributed by atoms with E-state index in [0.29, 0.717) is 0 Å². The number of hydrogen-bond acceptors (Lipinski definition) is 5. The number of rotatable bonds is 1. The summed E-state index contributed by atoms with van der Waals surface area (Å²) in [4.78, 5) is 31.1. The van der Waals surface area contributed by atoms with Gasteiger partial charge in [-0.3, -0.25) is 14.5 Å². The van der Waals surface area contributed by atoms with Crippen LogP contribution in [0.3, 0.4) is 0 Å². The van der Waals surface area contributed by atoms with E-state index in [0.717, 1.165) is 0 Å². The summed E-state index contributed by atoms with van der Waals surface area (Å²) in [6, 6.07) is 0. The number of amides is 1. The van der Waals surface area contributed by atoms with Gasteiger partial charge in [-0.15, -0.1) is 0 Å². The SMILES string of the molecule is Nc1ncnc(Cl)c1N1CC(=O)CC1=O. The second-order valence-corrected chi connectivity index (χ2v) is 3.45. The number of halogens is 1. The molecule has 78 valence electrons. The summed E-state index contributed by atoms with van der Waals surface area (Å²) < 4.78 is 0. The molecule has 2 heterocycles. The van der Waals surface area contributed by atoms with Gasteiger partial charge in [-0.25, -0.2) is 9.97 Å². The average molecular weight is 227 g/mol. The van der Waals surface area contributed by atoms with Crippen molar-refractivity contribution in [2.24, 2.45) is 0 Å². The maximum Gasteiger partial charge on any atom is 0.235 e. The van der Waals surface area contributed by atoms with E-state index >= 15 is 0 Å². The van der Waals surface area contributed by atoms with E-state index in [-0.39, 0.29) is 41.3 Å². The van der Waals surface area contributed by atoms with Crippen molar-refractivity contribution in [2.45, 2.75) is 6.42 Å². The molecule has 2 N–H and O–H groups in total. The Morgan fingerprint density at radius 1 is 1.40 bits per heavy atom. The molecular formula is C8H7ClN4O2. The number of anilines is 2. The molecule has 0 unspecified atom stereocenters. The van der Waals surface area contributed by atoms with Gasteiger partial charge in [0.25, 0.3) is 0 Å². The molecular weight excluding hydrogens is 220 g/mol. The first-order valence-electron chi connectivity index (χ1n) is 4.17. The van der Waals surface area contributed by atoms with Gasteiger partial charge in [0, 0.05) is 0 Å². The number of Topliss-reactive ketones (excluding diaryl/α,β-unsaturated/α-hetero) is 1. The van der Waals surface area contributed by atoms with Crippen LogP contribution >= 0.6 is 11.6 Å². The molecule has 2 rings (SSSR count). The van der Waals surface area contributed by atoms with Crippen LogP contribution in [0, 0.1) is 0 Å². The number of nitrogens with two attached hydrogens (primary N) is 1. The van der Waals surface area contributed by atoms with Crippen molar-refractivity contribution in [1.82, 2.24) is 9.97 Å². The molecule has 0 aromatic carbocycles. The second-order valence-electron chi connectivity index (χ2n) is 3.09. The lowest BCUT2D eigenvalue weighted by molar-refractivity contribution is -0.121. The minimum Gasteiger partial charge on any atom is -0.382 e. The normalized spacial score (nSPS) is 16.2. The van der Waals surface area contributed by atoms with Crippen molar-refractivity contribution in [3.05, 3.63) is 11.5 Å². The summed E-state index contributed by atoms with van der Waals surface area (Å²) in [6.45, 7) is -0.0177. The zero-order chi connectivity index (χ0) is 11.0. The molecule has 1 aromatic rings. The fraction of sp³-hybridized carbons (Fsp3) is 0.250. The van der Waals surface area contributed by atoms with Gasteiger partial charge in [0.05, 0.1) is 13.0 Å². The first-order valence-corrected chi connectivity index (χ1v) is 4.55. The highest BCUT2D eigenvalue weighted by atomic mass is 35.5. The number of nitrogens with zero attached hydrogens (tertiary/aromatic N) is 3. The van der Waals surface area contributed by atoms with Crippen molar-refractivity contribution in [2.75, 3.05) is 17.2 Å². The minimum absolute atomic E-state index is 0.0177. The molecule has 0 aliphatic carbocycles. The van der Waals surface area contributed by atoms with Gasteiger partial charge in [-0.05, 0) is 0 Å². The molecule has 15 heavy (non-hydrogen) atoms. The third kappa shape index (κ3) is 1.63. The van der Waals surface area contributed by atoms with Crippen LogP contribution in [-0.2, 0) is 9.59 Å². The predicted octanol–water partition coefficient (Wildman–Crippen LogP) is 0.0180. The number of hydrogen-bond donors (Lipinski definition) is 1. The third-order valence-corrected chi connectivity index (χ3v) is 2.34. The van der Waals surface area contributed by atoms with Crippen LogP contribution in [0.15, 0.2) is 6.33 Å². The Morgan fingerprint density at radius 3 is 2.67 bits per heavy atom. The van der Waals surface area contributed by atoms with Crippen LogP contribution in [0.5, 0.6) is 0 Å². The van der Waals surface area contributed by atoms with E-state index in [9.17, 15) is 9.59 Å². The summed E-state index contributed by atoms with van der Waals surface area (Å²) in [5, 5.41) is 0.0746. The molecule has 1 saturated heterocycles. The van der Waals surface area contributed by atoms with E-state index < -0.39 is 0 Å². The average Bonchev–Trinajstić information content (AvgIpc) is 2.45. The van der Waals surface area contributed by atoms with Crippen LogP contribution in [0.4, 0.5) is 11.5 Å². The van der Waals surface area contributed by atoms with Gasteiger partial charge >= 0.3 is 0 Å². The number of carbonyl (C=O) groups is 2. The summed E-state index contributed by atoms with van der Waals surface area (Å²) in [5.74, 6) is -0.402.